The Morgan fingerprint density at radius 3 is 2.74 bits per heavy atom. The molecule has 8 heterocycles. The average Bonchev–Trinajstić information content (AvgIpc) is 3.91. The minimum absolute atomic E-state index is 0.0635. The van der Waals surface area contributed by atoms with Crippen molar-refractivity contribution in [2.24, 2.45) is 0 Å². The predicted octanol–water partition coefficient (Wildman–Crippen LogP) is 3.95. The first kappa shape index (κ1) is 32.1. The Hall–Kier alpha value is -3.78. The molecule has 9 rings (SSSR count). The number of halogens is 2. The van der Waals surface area contributed by atoms with Crippen LogP contribution < -0.4 is 15.4 Å². The van der Waals surface area contributed by atoms with Crippen LogP contribution in [0.4, 0.5) is 19.6 Å². The number of methoxy groups -OCH3 is 1. The van der Waals surface area contributed by atoms with E-state index in [1.807, 2.05) is 0 Å². The standard InChI is InChI=1S/C35H38F2N8O4S/c1-47-8-7-43-12-18-3-4-19(13-43)45(18)33-27-23-16-48-15-22(23)25(29-26-21(10-38)32(39)50-31(26)24(36)11-40-29)28(37)30(27)41-34(42-33)49-17-35-5-2-6-44(35)14-20(46)9-35/h11,18-20,46H,2-9,12-17,39H2,1H3. The molecule has 15 heteroatoms. The highest BCUT2D eigenvalue weighted by molar-refractivity contribution is 7.23. The second kappa shape index (κ2) is 12.2. The molecule has 0 aliphatic carbocycles. The predicted molar refractivity (Wildman–Crippen MR) is 183 cm³/mol. The summed E-state index contributed by atoms with van der Waals surface area (Å²) in [7, 11) is 1.71. The molecule has 1 aromatic carbocycles. The number of aliphatic hydroxyl groups excluding tert-OH is 1. The van der Waals surface area contributed by atoms with Crippen molar-refractivity contribution in [2.45, 2.75) is 69.0 Å². The van der Waals surface area contributed by atoms with Gasteiger partial charge >= 0.3 is 6.01 Å². The zero-order valence-corrected chi connectivity index (χ0v) is 28.6. The lowest BCUT2D eigenvalue weighted by Crippen LogP contribution is -2.54. The Kier molecular flexibility index (Phi) is 7.83. The number of nitriles is 1. The summed E-state index contributed by atoms with van der Waals surface area (Å²) < 4.78 is 50.5. The number of fused-ring (bicyclic) bond motifs is 7. The summed E-state index contributed by atoms with van der Waals surface area (Å²) >= 11 is 0.944. The van der Waals surface area contributed by atoms with Crippen molar-refractivity contribution in [3.8, 4) is 23.3 Å². The van der Waals surface area contributed by atoms with Gasteiger partial charge in [-0.3, -0.25) is 14.8 Å². The van der Waals surface area contributed by atoms with Crippen LogP contribution in [0, 0.1) is 23.0 Å². The lowest BCUT2D eigenvalue weighted by molar-refractivity contribution is 0.107. The Morgan fingerprint density at radius 2 is 1.96 bits per heavy atom. The van der Waals surface area contributed by atoms with Crippen molar-refractivity contribution in [3.05, 3.63) is 34.5 Å². The van der Waals surface area contributed by atoms with Crippen molar-refractivity contribution in [2.75, 3.05) is 63.7 Å². The van der Waals surface area contributed by atoms with Crippen molar-refractivity contribution >= 4 is 43.1 Å². The number of thiophene rings is 1. The number of hydrogen-bond acceptors (Lipinski definition) is 13. The van der Waals surface area contributed by atoms with Crippen LogP contribution in [0.25, 0.3) is 32.2 Å². The zero-order valence-electron chi connectivity index (χ0n) is 27.8. The monoisotopic (exact) mass is 704 g/mol. The van der Waals surface area contributed by atoms with E-state index in [9.17, 15) is 10.4 Å². The molecule has 0 amide bonds. The highest BCUT2D eigenvalue weighted by Gasteiger charge is 2.49. The van der Waals surface area contributed by atoms with E-state index in [1.165, 1.54) is 0 Å². The number of benzene rings is 1. The summed E-state index contributed by atoms with van der Waals surface area (Å²) in [6.45, 7) is 5.20. The first-order valence-corrected chi connectivity index (χ1v) is 18.1. The molecule has 4 fully saturated rings. The molecule has 0 radical (unpaired) electrons. The maximum absolute atomic E-state index is 17.5. The fourth-order valence-corrected chi connectivity index (χ4v) is 10.2. The van der Waals surface area contributed by atoms with Crippen LogP contribution in [0.15, 0.2) is 6.20 Å². The summed E-state index contributed by atoms with van der Waals surface area (Å²) in [6, 6.07) is 2.44. The molecule has 5 aliphatic rings. The van der Waals surface area contributed by atoms with E-state index in [2.05, 4.69) is 25.8 Å². The number of ether oxygens (including phenoxy) is 3. The number of pyridine rings is 1. The number of aliphatic hydroxyl groups is 1. The Balaban J connectivity index is 1.23. The maximum Gasteiger partial charge on any atom is 0.319 e. The van der Waals surface area contributed by atoms with Crippen LogP contribution in [0.1, 0.15) is 48.8 Å². The van der Waals surface area contributed by atoms with Gasteiger partial charge in [0.05, 0.1) is 59.0 Å². The first-order valence-electron chi connectivity index (χ1n) is 17.3. The van der Waals surface area contributed by atoms with Crippen molar-refractivity contribution in [1.82, 2.24) is 24.8 Å². The third-order valence-electron chi connectivity index (χ3n) is 11.5. The second-order valence-electron chi connectivity index (χ2n) is 14.3. The van der Waals surface area contributed by atoms with Gasteiger partial charge in [0.1, 0.15) is 29.0 Å². The first-order chi connectivity index (χ1) is 24.3. The van der Waals surface area contributed by atoms with Gasteiger partial charge in [0.25, 0.3) is 0 Å². The van der Waals surface area contributed by atoms with Gasteiger partial charge in [-0.2, -0.15) is 15.2 Å². The van der Waals surface area contributed by atoms with Crippen molar-refractivity contribution in [1.29, 1.82) is 5.26 Å². The minimum Gasteiger partial charge on any atom is -0.461 e. The van der Waals surface area contributed by atoms with E-state index in [1.54, 1.807) is 7.11 Å². The van der Waals surface area contributed by atoms with E-state index in [-0.39, 0.29) is 80.9 Å². The highest BCUT2D eigenvalue weighted by atomic mass is 32.1. The molecule has 3 aromatic heterocycles. The number of rotatable bonds is 8. The summed E-state index contributed by atoms with van der Waals surface area (Å²) in [5.41, 5.74) is 7.53. The fourth-order valence-electron chi connectivity index (χ4n) is 9.31. The topological polar surface area (TPSA) is 146 Å². The Morgan fingerprint density at radius 1 is 1.16 bits per heavy atom. The van der Waals surface area contributed by atoms with Crippen molar-refractivity contribution in [3.63, 3.8) is 0 Å². The largest absolute Gasteiger partial charge is 0.461 e. The van der Waals surface area contributed by atoms with Crippen LogP contribution >= 0.6 is 11.3 Å². The van der Waals surface area contributed by atoms with Gasteiger partial charge in [-0.15, -0.1) is 11.3 Å². The number of hydrogen-bond donors (Lipinski definition) is 2. The molecular weight excluding hydrogens is 666 g/mol. The molecule has 12 nitrogen and oxygen atoms in total. The van der Waals surface area contributed by atoms with Crippen LogP contribution in [0.3, 0.4) is 0 Å². The minimum atomic E-state index is -0.658. The van der Waals surface area contributed by atoms with Crippen LogP contribution in [-0.4, -0.2) is 107 Å². The SMILES string of the molecule is COCCN1CC2CCC(C1)N2c1nc(OCC23CCCN2CC(O)C3)nc2c(F)c(-c3ncc(F)c4sc(N)c(C#N)c34)c3c(c12)COC3. The zero-order chi connectivity index (χ0) is 34.3. The third-order valence-corrected chi connectivity index (χ3v) is 12.5. The van der Waals surface area contributed by atoms with Crippen LogP contribution in [0.2, 0.25) is 0 Å². The van der Waals surface area contributed by atoms with Gasteiger partial charge in [0.2, 0.25) is 0 Å². The summed E-state index contributed by atoms with van der Waals surface area (Å²) in [5, 5.41) is 21.4. The van der Waals surface area contributed by atoms with Gasteiger partial charge in [-0.05, 0) is 49.8 Å². The fraction of sp³-hybridized carbons (Fsp3) is 0.543. The van der Waals surface area contributed by atoms with Gasteiger partial charge in [-0.1, -0.05) is 0 Å². The number of nitrogens with zero attached hydrogens (tertiary/aromatic N) is 7. The number of nitrogens with two attached hydrogens (primary N) is 1. The number of likely N-dealkylation sites (tertiary alicyclic amines) is 1. The number of β-amino-alcohol motifs (C(OH)–C–C–N with tert-alkyl or cyclic N) is 1. The molecule has 2 bridgehead atoms. The molecule has 50 heavy (non-hydrogen) atoms. The summed E-state index contributed by atoms with van der Waals surface area (Å²) in [5.74, 6) is -0.665. The van der Waals surface area contributed by atoms with Gasteiger partial charge in [-0.25, -0.2) is 8.78 Å². The number of anilines is 2. The van der Waals surface area contributed by atoms with Crippen LogP contribution in [-0.2, 0) is 22.7 Å². The van der Waals surface area contributed by atoms with E-state index in [0.29, 0.717) is 36.3 Å². The summed E-state index contributed by atoms with van der Waals surface area (Å²) in [6.07, 6.45) is 5.06. The van der Waals surface area contributed by atoms with Gasteiger partial charge in [0.15, 0.2) is 11.6 Å². The number of piperazine rings is 1. The Bertz CT molecular complexity index is 2060. The molecular formula is C35H38F2N8O4S. The molecule has 3 N–H and O–H groups in total. The number of nitrogen functional groups attached to an aromatic ring is 1. The average molecular weight is 705 g/mol. The molecule has 4 saturated heterocycles. The third kappa shape index (κ3) is 4.87. The Labute approximate surface area is 291 Å². The maximum atomic E-state index is 17.5. The van der Waals surface area contributed by atoms with E-state index >= 15 is 8.78 Å². The molecule has 5 aliphatic heterocycles. The van der Waals surface area contributed by atoms with Crippen LogP contribution in [0.5, 0.6) is 6.01 Å². The lowest BCUT2D eigenvalue weighted by Gasteiger charge is -2.42. The molecule has 0 spiro atoms. The molecule has 4 unspecified atom stereocenters. The molecule has 262 valence electrons. The smallest absolute Gasteiger partial charge is 0.319 e. The van der Waals surface area contributed by atoms with Gasteiger partial charge < -0.3 is 30.0 Å². The van der Waals surface area contributed by atoms with E-state index in [0.717, 1.165) is 75.0 Å². The number of aromatic nitrogens is 3. The lowest BCUT2D eigenvalue weighted by atomic mass is 9.93. The molecule has 4 aromatic rings. The normalized spacial score (nSPS) is 26.3. The molecule has 4 atom stereocenters. The highest BCUT2D eigenvalue weighted by Crippen LogP contribution is 2.48. The van der Waals surface area contributed by atoms with E-state index in [4.69, 9.17) is 29.9 Å². The van der Waals surface area contributed by atoms with Crippen molar-refractivity contribution < 1.29 is 28.1 Å². The second-order valence-corrected chi connectivity index (χ2v) is 15.3. The quantitative estimate of drug-likeness (QED) is 0.274. The summed E-state index contributed by atoms with van der Waals surface area (Å²) in [4.78, 5) is 21.3. The van der Waals surface area contributed by atoms with E-state index < -0.39 is 17.7 Å². The molecule has 0 saturated carbocycles. The van der Waals surface area contributed by atoms with Gasteiger partial charge in [0, 0.05) is 56.3 Å².